The molecule has 0 fully saturated rings. The Labute approximate surface area is 111 Å². The van der Waals surface area contributed by atoms with E-state index in [0.29, 0.717) is 22.8 Å². The Kier molecular flexibility index (Phi) is 3.55. The molecule has 94 valence electrons. The number of anilines is 1. The third kappa shape index (κ3) is 2.19. The number of aromatic nitrogens is 1. The Morgan fingerprint density at radius 2 is 2.00 bits per heavy atom. The summed E-state index contributed by atoms with van der Waals surface area (Å²) in [6.45, 7) is 1.90. The number of rotatable bonds is 3. The van der Waals surface area contributed by atoms with Crippen LogP contribution in [-0.4, -0.2) is 10.1 Å². The van der Waals surface area contributed by atoms with Gasteiger partial charge in [-0.3, -0.25) is 0 Å². The maximum Gasteiger partial charge on any atom is 0.129 e. The SMILES string of the molecule is CCC(O)(c1ccccc1)c1cc(Cl)cnc1N. The van der Waals surface area contributed by atoms with E-state index in [1.165, 1.54) is 6.20 Å². The number of hydrogen-bond acceptors (Lipinski definition) is 3. The van der Waals surface area contributed by atoms with Crippen molar-refractivity contribution in [2.45, 2.75) is 18.9 Å². The second-order valence-corrected chi connectivity index (χ2v) is 4.60. The van der Waals surface area contributed by atoms with Gasteiger partial charge in [0.15, 0.2) is 0 Å². The summed E-state index contributed by atoms with van der Waals surface area (Å²) in [6.07, 6.45) is 1.96. The predicted molar refractivity (Wildman–Crippen MR) is 73.4 cm³/mol. The molecule has 1 aromatic heterocycles. The highest BCUT2D eigenvalue weighted by atomic mass is 35.5. The summed E-state index contributed by atoms with van der Waals surface area (Å²) >= 11 is 5.94. The lowest BCUT2D eigenvalue weighted by molar-refractivity contribution is 0.0770. The van der Waals surface area contributed by atoms with E-state index in [2.05, 4.69) is 4.98 Å². The number of nitrogens with two attached hydrogens (primary N) is 1. The van der Waals surface area contributed by atoms with Crippen molar-refractivity contribution >= 4 is 17.4 Å². The minimum Gasteiger partial charge on any atom is -0.383 e. The van der Waals surface area contributed by atoms with Crippen LogP contribution in [0.4, 0.5) is 5.82 Å². The Morgan fingerprint density at radius 1 is 1.33 bits per heavy atom. The lowest BCUT2D eigenvalue weighted by Crippen LogP contribution is -2.27. The summed E-state index contributed by atoms with van der Waals surface area (Å²) < 4.78 is 0. The molecule has 1 heterocycles. The zero-order chi connectivity index (χ0) is 13.2. The maximum absolute atomic E-state index is 10.9. The van der Waals surface area contributed by atoms with Gasteiger partial charge in [0.2, 0.25) is 0 Å². The lowest BCUT2D eigenvalue weighted by Gasteiger charge is -2.28. The maximum atomic E-state index is 10.9. The third-order valence-electron chi connectivity index (χ3n) is 3.09. The van der Waals surface area contributed by atoms with Crippen LogP contribution in [0.15, 0.2) is 42.6 Å². The molecular weight excluding hydrogens is 248 g/mol. The molecule has 0 amide bonds. The molecule has 0 spiro atoms. The first kappa shape index (κ1) is 12.9. The highest BCUT2D eigenvalue weighted by Gasteiger charge is 2.32. The van der Waals surface area contributed by atoms with E-state index in [1.54, 1.807) is 6.07 Å². The summed E-state index contributed by atoms with van der Waals surface area (Å²) in [4.78, 5) is 4.00. The molecule has 3 N–H and O–H groups in total. The van der Waals surface area contributed by atoms with Crippen molar-refractivity contribution in [3.8, 4) is 0 Å². The van der Waals surface area contributed by atoms with Gasteiger partial charge in [-0.2, -0.15) is 0 Å². The monoisotopic (exact) mass is 262 g/mol. The van der Waals surface area contributed by atoms with Gasteiger partial charge in [0.1, 0.15) is 11.4 Å². The molecule has 2 aromatic rings. The zero-order valence-corrected chi connectivity index (χ0v) is 10.9. The first-order valence-corrected chi connectivity index (χ1v) is 6.15. The largest absolute Gasteiger partial charge is 0.383 e. The van der Waals surface area contributed by atoms with Crippen LogP contribution in [-0.2, 0) is 5.60 Å². The van der Waals surface area contributed by atoms with Gasteiger partial charge in [0.25, 0.3) is 0 Å². The number of aliphatic hydroxyl groups is 1. The van der Waals surface area contributed by atoms with Gasteiger partial charge in [-0.05, 0) is 18.1 Å². The minimum atomic E-state index is -1.16. The summed E-state index contributed by atoms with van der Waals surface area (Å²) in [5.74, 6) is 0.299. The number of halogens is 1. The molecule has 1 atom stereocenters. The van der Waals surface area contributed by atoms with Crippen molar-refractivity contribution in [2.24, 2.45) is 0 Å². The smallest absolute Gasteiger partial charge is 0.129 e. The van der Waals surface area contributed by atoms with E-state index < -0.39 is 5.60 Å². The Bertz CT molecular complexity index is 545. The fraction of sp³-hybridized carbons (Fsp3) is 0.214. The number of pyridine rings is 1. The molecule has 1 unspecified atom stereocenters. The normalized spacial score (nSPS) is 14.2. The molecule has 2 rings (SSSR count). The summed E-state index contributed by atoms with van der Waals surface area (Å²) in [7, 11) is 0. The highest BCUT2D eigenvalue weighted by Crippen LogP contribution is 2.36. The van der Waals surface area contributed by atoms with Gasteiger partial charge in [-0.25, -0.2) is 4.98 Å². The highest BCUT2D eigenvalue weighted by molar-refractivity contribution is 6.30. The Morgan fingerprint density at radius 3 is 2.61 bits per heavy atom. The fourth-order valence-electron chi connectivity index (χ4n) is 2.05. The van der Waals surface area contributed by atoms with Gasteiger partial charge in [-0.15, -0.1) is 0 Å². The van der Waals surface area contributed by atoms with E-state index in [4.69, 9.17) is 17.3 Å². The van der Waals surface area contributed by atoms with E-state index >= 15 is 0 Å². The van der Waals surface area contributed by atoms with Crippen LogP contribution < -0.4 is 5.73 Å². The van der Waals surface area contributed by atoms with E-state index in [-0.39, 0.29) is 0 Å². The number of benzene rings is 1. The fourth-order valence-corrected chi connectivity index (χ4v) is 2.20. The van der Waals surface area contributed by atoms with Crippen molar-refractivity contribution in [1.82, 2.24) is 4.98 Å². The second kappa shape index (κ2) is 4.96. The van der Waals surface area contributed by atoms with E-state index in [9.17, 15) is 5.11 Å². The van der Waals surface area contributed by atoms with Crippen LogP contribution in [0.5, 0.6) is 0 Å². The van der Waals surface area contributed by atoms with Crippen LogP contribution >= 0.6 is 11.6 Å². The van der Waals surface area contributed by atoms with Gasteiger partial charge < -0.3 is 10.8 Å². The minimum absolute atomic E-state index is 0.299. The van der Waals surface area contributed by atoms with Crippen molar-refractivity contribution in [3.05, 3.63) is 58.7 Å². The molecule has 0 saturated heterocycles. The van der Waals surface area contributed by atoms with Gasteiger partial charge >= 0.3 is 0 Å². The van der Waals surface area contributed by atoms with Gasteiger partial charge in [0, 0.05) is 11.8 Å². The van der Waals surface area contributed by atoms with Crippen LogP contribution in [0.25, 0.3) is 0 Å². The van der Waals surface area contributed by atoms with E-state index in [0.717, 1.165) is 5.56 Å². The van der Waals surface area contributed by atoms with Crippen molar-refractivity contribution in [1.29, 1.82) is 0 Å². The average Bonchev–Trinajstić information content (AvgIpc) is 2.41. The van der Waals surface area contributed by atoms with Crippen LogP contribution in [0.2, 0.25) is 5.02 Å². The van der Waals surface area contributed by atoms with Crippen molar-refractivity contribution < 1.29 is 5.11 Å². The molecule has 4 heteroatoms. The number of nitrogen functional groups attached to an aromatic ring is 1. The molecule has 0 radical (unpaired) electrons. The molecular formula is C14H15ClN2O. The molecule has 0 bridgehead atoms. The predicted octanol–water partition coefficient (Wildman–Crippen LogP) is 2.96. The molecule has 0 aliphatic carbocycles. The van der Waals surface area contributed by atoms with Crippen LogP contribution in [0.3, 0.4) is 0 Å². The molecule has 18 heavy (non-hydrogen) atoms. The Hall–Kier alpha value is -1.58. The standard InChI is InChI=1S/C14H15ClN2O/c1-2-14(18,10-6-4-3-5-7-10)12-8-11(15)9-17-13(12)16/h3-9,18H,2H2,1H3,(H2,16,17). The van der Waals surface area contributed by atoms with Crippen LogP contribution in [0, 0.1) is 0 Å². The van der Waals surface area contributed by atoms with Crippen LogP contribution in [0.1, 0.15) is 24.5 Å². The third-order valence-corrected chi connectivity index (χ3v) is 3.30. The van der Waals surface area contributed by atoms with Gasteiger partial charge in [0.05, 0.1) is 5.02 Å². The quantitative estimate of drug-likeness (QED) is 0.894. The molecule has 3 nitrogen and oxygen atoms in total. The molecule has 0 saturated carbocycles. The summed E-state index contributed by atoms with van der Waals surface area (Å²) in [5, 5.41) is 11.3. The topological polar surface area (TPSA) is 59.1 Å². The number of hydrogen-bond donors (Lipinski definition) is 2. The molecule has 1 aromatic carbocycles. The molecule has 0 aliphatic heterocycles. The van der Waals surface area contributed by atoms with Crippen molar-refractivity contribution in [3.63, 3.8) is 0 Å². The van der Waals surface area contributed by atoms with Gasteiger partial charge in [-0.1, -0.05) is 48.9 Å². The second-order valence-electron chi connectivity index (χ2n) is 4.17. The molecule has 0 aliphatic rings. The first-order chi connectivity index (χ1) is 8.58. The lowest BCUT2D eigenvalue weighted by atomic mass is 9.84. The van der Waals surface area contributed by atoms with E-state index in [1.807, 2.05) is 37.3 Å². The first-order valence-electron chi connectivity index (χ1n) is 5.77. The Balaban J connectivity index is 2.60. The zero-order valence-electron chi connectivity index (χ0n) is 10.1. The number of nitrogens with zero attached hydrogens (tertiary/aromatic N) is 1. The average molecular weight is 263 g/mol. The van der Waals surface area contributed by atoms with Crippen molar-refractivity contribution in [2.75, 3.05) is 5.73 Å². The summed E-state index contributed by atoms with van der Waals surface area (Å²) in [5.41, 5.74) is 6.02. The summed E-state index contributed by atoms with van der Waals surface area (Å²) in [6, 6.07) is 11.1.